The molecule has 1 heterocycles. The quantitative estimate of drug-likeness (QED) is 0.703. The van der Waals surface area contributed by atoms with Crippen LogP contribution in [0.25, 0.3) is 0 Å². The van der Waals surface area contributed by atoms with Crippen molar-refractivity contribution in [1.82, 2.24) is 4.90 Å². The Hall–Kier alpha value is 0.310. The summed E-state index contributed by atoms with van der Waals surface area (Å²) in [6.07, 6.45) is 7.08. The van der Waals surface area contributed by atoms with Crippen LogP contribution in [0.15, 0.2) is 0 Å². The van der Waals surface area contributed by atoms with Gasteiger partial charge in [0.25, 0.3) is 0 Å². The maximum absolute atomic E-state index is 4.47. The van der Waals surface area contributed by atoms with Crippen molar-refractivity contribution in [3.8, 4) is 0 Å². The zero-order valence-electron chi connectivity index (χ0n) is 9.34. The number of likely N-dealkylation sites (tertiary alicyclic amines) is 1. The highest BCUT2D eigenvalue weighted by atomic mass is 32.1. The summed E-state index contributed by atoms with van der Waals surface area (Å²) in [4.78, 5) is 2.68. The van der Waals surface area contributed by atoms with E-state index in [1.807, 2.05) is 0 Å². The second-order valence-electron chi connectivity index (χ2n) is 5.29. The summed E-state index contributed by atoms with van der Waals surface area (Å²) in [5, 5.41) is 0. The lowest BCUT2D eigenvalue weighted by molar-refractivity contribution is 0.157. The molecule has 1 saturated heterocycles. The highest BCUT2D eigenvalue weighted by molar-refractivity contribution is 7.80. The topological polar surface area (TPSA) is 3.24 Å². The Kier molecular flexibility index (Phi) is 3.43. The summed E-state index contributed by atoms with van der Waals surface area (Å²) in [5.74, 6) is 2.11. The van der Waals surface area contributed by atoms with Gasteiger partial charge in [-0.05, 0) is 55.9 Å². The Morgan fingerprint density at radius 1 is 1.29 bits per heavy atom. The minimum absolute atomic E-state index is 0.627. The summed E-state index contributed by atoms with van der Waals surface area (Å²) >= 11 is 4.47. The van der Waals surface area contributed by atoms with E-state index in [2.05, 4.69) is 24.5 Å². The van der Waals surface area contributed by atoms with E-state index in [1.54, 1.807) is 0 Å². The SMILES string of the molecule is CCC1CCN(CC2(CS)CC2)CC1. The monoisotopic (exact) mass is 213 g/mol. The van der Waals surface area contributed by atoms with Gasteiger partial charge in [-0.15, -0.1) is 0 Å². The molecule has 0 atom stereocenters. The summed E-state index contributed by atoms with van der Waals surface area (Å²) < 4.78 is 0. The van der Waals surface area contributed by atoms with Crippen LogP contribution >= 0.6 is 12.6 Å². The third kappa shape index (κ3) is 2.46. The van der Waals surface area contributed by atoms with E-state index in [1.165, 1.54) is 51.7 Å². The number of rotatable bonds is 4. The molecule has 2 heteroatoms. The molecule has 1 aliphatic carbocycles. The van der Waals surface area contributed by atoms with Gasteiger partial charge in [0.1, 0.15) is 0 Å². The molecule has 1 saturated carbocycles. The summed E-state index contributed by atoms with van der Waals surface area (Å²) in [7, 11) is 0. The Bertz CT molecular complexity index is 181. The van der Waals surface area contributed by atoms with Crippen LogP contribution in [0.5, 0.6) is 0 Å². The molecule has 0 N–H and O–H groups in total. The van der Waals surface area contributed by atoms with Crippen LogP contribution in [0.2, 0.25) is 0 Å². The van der Waals surface area contributed by atoms with E-state index < -0.39 is 0 Å². The Labute approximate surface area is 93.7 Å². The molecule has 2 fully saturated rings. The van der Waals surface area contributed by atoms with Gasteiger partial charge < -0.3 is 4.90 Å². The van der Waals surface area contributed by atoms with Crippen molar-refractivity contribution < 1.29 is 0 Å². The molecule has 0 spiro atoms. The second kappa shape index (κ2) is 4.44. The van der Waals surface area contributed by atoms with Crippen LogP contribution in [0.1, 0.15) is 39.0 Å². The normalized spacial score (nSPS) is 27.9. The fourth-order valence-electron chi connectivity index (χ4n) is 2.57. The standard InChI is InChI=1S/C12H23NS/c1-2-11-3-7-13(8-4-11)9-12(10-14)5-6-12/h11,14H,2-10H2,1H3. The smallest absolute Gasteiger partial charge is 0.00458 e. The Balaban J connectivity index is 1.73. The minimum atomic E-state index is 0.627. The van der Waals surface area contributed by atoms with Crippen LogP contribution in [0.3, 0.4) is 0 Å². The molecule has 0 amide bonds. The highest BCUT2D eigenvalue weighted by Gasteiger charge is 2.42. The number of hydrogen-bond donors (Lipinski definition) is 1. The predicted octanol–water partition coefficient (Wildman–Crippen LogP) is 2.82. The van der Waals surface area contributed by atoms with Crippen molar-refractivity contribution >= 4 is 12.6 Å². The molecular weight excluding hydrogens is 190 g/mol. The molecular formula is C12H23NS. The van der Waals surface area contributed by atoms with Crippen LogP contribution in [-0.2, 0) is 0 Å². The van der Waals surface area contributed by atoms with Gasteiger partial charge in [-0.25, -0.2) is 0 Å². The lowest BCUT2D eigenvalue weighted by Crippen LogP contribution is -2.38. The van der Waals surface area contributed by atoms with Crippen LogP contribution < -0.4 is 0 Å². The number of hydrogen-bond acceptors (Lipinski definition) is 2. The predicted molar refractivity (Wildman–Crippen MR) is 65.0 cm³/mol. The molecule has 0 aromatic heterocycles. The Morgan fingerprint density at radius 2 is 1.93 bits per heavy atom. The van der Waals surface area contributed by atoms with Gasteiger partial charge in [0.15, 0.2) is 0 Å². The van der Waals surface area contributed by atoms with E-state index in [-0.39, 0.29) is 0 Å². The van der Waals surface area contributed by atoms with E-state index in [9.17, 15) is 0 Å². The molecule has 0 aromatic carbocycles. The Morgan fingerprint density at radius 3 is 2.36 bits per heavy atom. The van der Waals surface area contributed by atoms with Gasteiger partial charge in [0.2, 0.25) is 0 Å². The van der Waals surface area contributed by atoms with Gasteiger partial charge in [-0.1, -0.05) is 13.3 Å². The van der Waals surface area contributed by atoms with Gasteiger partial charge in [0, 0.05) is 6.54 Å². The van der Waals surface area contributed by atoms with E-state index in [0.29, 0.717) is 5.41 Å². The van der Waals surface area contributed by atoms with Crippen molar-refractivity contribution in [1.29, 1.82) is 0 Å². The third-order valence-corrected chi connectivity index (χ3v) is 4.81. The number of thiol groups is 1. The van der Waals surface area contributed by atoms with Gasteiger partial charge in [-0.3, -0.25) is 0 Å². The second-order valence-corrected chi connectivity index (χ2v) is 5.60. The fourth-order valence-corrected chi connectivity index (χ4v) is 2.99. The average molecular weight is 213 g/mol. The summed E-state index contributed by atoms with van der Waals surface area (Å²) in [6.45, 7) is 6.34. The first-order chi connectivity index (χ1) is 6.78. The molecule has 14 heavy (non-hydrogen) atoms. The molecule has 1 aliphatic heterocycles. The van der Waals surface area contributed by atoms with Gasteiger partial charge >= 0.3 is 0 Å². The zero-order chi connectivity index (χ0) is 10.0. The van der Waals surface area contributed by atoms with Crippen LogP contribution in [0, 0.1) is 11.3 Å². The first kappa shape index (κ1) is 10.8. The molecule has 82 valence electrons. The maximum atomic E-state index is 4.47. The summed E-state index contributed by atoms with van der Waals surface area (Å²) in [5.41, 5.74) is 0.627. The summed E-state index contributed by atoms with van der Waals surface area (Å²) in [6, 6.07) is 0. The van der Waals surface area contributed by atoms with Crippen LogP contribution in [0.4, 0.5) is 0 Å². The minimum Gasteiger partial charge on any atom is -0.303 e. The lowest BCUT2D eigenvalue weighted by Gasteiger charge is -2.33. The zero-order valence-corrected chi connectivity index (χ0v) is 10.2. The van der Waals surface area contributed by atoms with Crippen LogP contribution in [-0.4, -0.2) is 30.3 Å². The van der Waals surface area contributed by atoms with Crippen molar-refractivity contribution in [3.63, 3.8) is 0 Å². The van der Waals surface area contributed by atoms with E-state index in [0.717, 1.165) is 11.7 Å². The maximum Gasteiger partial charge on any atom is 0.00458 e. The molecule has 0 radical (unpaired) electrons. The molecule has 1 nitrogen and oxygen atoms in total. The van der Waals surface area contributed by atoms with Crippen molar-refractivity contribution in [2.45, 2.75) is 39.0 Å². The van der Waals surface area contributed by atoms with E-state index in [4.69, 9.17) is 0 Å². The van der Waals surface area contributed by atoms with Crippen molar-refractivity contribution in [2.75, 3.05) is 25.4 Å². The van der Waals surface area contributed by atoms with Gasteiger partial charge in [0.05, 0.1) is 0 Å². The third-order valence-electron chi connectivity index (χ3n) is 4.14. The lowest BCUT2D eigenvalue weighted by atomic mass is 9.93. The number of piperidine rings is 1. The first-order valence-electron chi connectivity index (χ1n) is 6.11. The van der Waals surface area contributed by atoms with Crippen molar-refractivity contribution in [2.24, 2.45) is 11.3 Å². The number of nitrogens with zero attached hydrogens (tertiary/aromatic N) is 1. The largest absolute Gasteiger partial charge is 0.303 e. The van der Waals surface area contributed by atoms with Gasteiger partial charge in [-0.2, -0.15) is 12.6 Å². The fraction of sp³-hybridized carbons (Fsp3) is 1.00. The van der Waals surface area contributed by atoms with Crippen molar-refractivity contribution in [3.05, 3.63) is 0 Å². The molecule has 0 aromatic rings. The van der Waals surface area contributed by atoms with E-state index >= 15 is 0 Å². The first-order valence-corrected chi connectivity index (χ1v) is 6.74. The molecule has 2 rings (SSSR count). The molecule has 2 aliphatic rings. The average Bonchev–Trinajstić information content (AvgIpc) is 3.00. The molecule has 0 bridgehead atoms. The highest BCUT2D eigenvalue weighted by Crippen LogP contribution is 2.47. The molecule has 0 unspecified atom stereocenters.